The summed E-state index contributed by atoms with van der Waals surface area (Å²) in [5.74, 6) is 0.663. The Morgan fingerprint density at radius 1 is 1.17 bits per heavy atom. The first-order chi connectivity index (χ1) is 10.8. The first-order valence-electron chi connectivity index (χ1n) is 7.25. The third kappa shape index (κ3) is 4.10. The number of sulfonamides is 1. The second kappa shape index (κ2) is 6.83. The summed E-state index contributed by atoms with van der Waals surface area (Å²) in [6.07, 6.45) is 3.21. The Labute approximate surface area is 137 Å². The smallest absolute Gasteiger partial charge is 0.262 e. The fraction of sp³-hybridized carbons (Fsp3) is 0.235. The number of anilines is 2. The lowest BCUT2D eigenvalue weighted by Gasteiger charge is -2.14. The minimum absolute atomic E-state index is 0.317. The molecule has 1 aromatic carbocycles. The summed E-state index contributed by atoms with van der Waals surface area (Å²) < 4.78 is 27.9. The number of hydrogen-bond donors (Lipinski definition) is 2. The van der Waals surface area contributed by atoms with Gasteiger partial charge in [-0.25, -0.2) is 13.4 Å². The van der Waals surface area contributed by atoms with Crippen molar-refractivity contribution >= 4 is 21.5 Å². The van der Waals surface area contributed by atoms with Crippen LogP contribution in [0.5, 0.6) is 0 Å². The van der Waals surface area contributed by atoms with Crippen LogP contribution in [0, 0.1) is 20.8 Å². The molecule has 5 nitrogen and oxygen atoms in total. The summed E-state index contributed by atoms with van der Waals surface area (Å²) in [4.78, 5) is 4.48. The van der Waals surface area contributed by atoms with Crippen LogP contribution in [-0.2, 0) is 10.0 Å². The van der Waals surface area contributed by atoms with Crippen LogP contribution in [0.25, 0.3) is 0 Å². The lowest BCUT2D eigenvalue weighted by Crippen LogP contribution is -2.16. The van der Waals surface area contributed by atoms with Gasteiger partial charge in [0.05, 0.1) is 16.8 Å². The molecule has 122 valence electrons. The van der Waals surface area contributed by atoms with Crippen molar-refractivity contribution in [1.29, 1.82) is 0 Å². The Morgan fingerprint density at radius 3 is 2.35 bits per heavy atom. The van der Waals surface area contributed by atoms with Gasteiger partial charge in [-0.15, -0.1) is 6.58 Å². The predicted molar refractivity (Wildman–Crippen MR) is 94.4 cm³/mol. The summed E-state index contributed by atoms with van der Waals surface area (Å²) in [6, 6.07) is 7.12. The number of rotatable bonds is 6. The fourth-order valence-electron chi connectivity index (χ4n) is 2.53. The van der Waals surface area contributed by atoms with Crippen LogP contribution >= 0.6 is 0 Å². The summed E-state index contributed by atoms with van der Waals surface area (Å²) in [7, 11) is -3.65. The first-order valence-corrected chi connectivity index (χ1v) is 8.73. The van der Waals surface area contributed by atoms with Crippen LogP contribution in [-0.4, -0.2) is 19.9 Å². The van der Waals surface area contributed by atoms with Crippen molar-refractivity contribution in [2.45, 2.75) is 25.7 Å². The number of aromatic nitrogens is 1. The van der Waals surface area contributed by atoms with Crippen molar-refractivity contribution in [2.75, 3.05) is 16.6 Å². The van der Waals surface area contributed by atoms with Crippen molar-refractivity contribution in [3.63, 3.8) is 0 Å². The summed E-state index contributed by atoms with van der Waals surface area (Å²) in [5.41, 5.74) is 2.92. The molecule has 0 radical (unpaired) electrons. The highest BCUT2D eigenvalue weighted by atomic mass is 32.2. The maximum atomic E-state index is 12.6. The lowest BCUT2D eigenvalue weighted by atomic mass is 10.1. The number of pyridine rings is 1. The fourth-order valence-corrected chi connectivity index (χ4v) is 4.03. The van der Waals surface area contributed by atoms with Crippen molar-refractivity contribution in [3.05, 3.63) is 59.8 Å². The van der Waals surface area contributed by atoms with E-state index >= 15 is 0 Å². The summed E-state index contributed by atoms with van der Waals surface area (Å²) >= 11 is 0. The SMILES string of the molecule is C=CCNc1ccc(NS(=O)(=O)c2c(C)cc(C)cc2C)cn1. The molecule has 0 saturated heterocycles. The van der Waals surface area contributed by atoms with E-state index in [0.29, 0.717) is 22.9 Å². The van der Waals surface area contributed by atoms with Crippen molar-refractivity contribution < 1.29 is 8.42 Å². The van der Waals surface area contributed by atoms with Gasteiger partial charge in [-0.05, 0) is 44.0 Å². The van der Waals surface area contributed by atoms with E-state index in [-0.39, 0.29) is 0 Å². The van der Waals surface area contributed by atoms with E-state index < -0.39 is 10.0 Å². The van der Waals surface area contributed by atoms with Gasteiger partial charge in [0.2, 0.25) is 0 Å². The van der Waals surface area contributed by atoms with Gasteiger partial charge in [-0.3, -0.25) is 4.72 Å². The summed E-state index contributed by atoms with van der Waals surface area (Å²) in [5, 5.41) is 3.03. The molecule has 6 heteroatoms. The number of nitrogens with zero attached hydrogens (tertiary/aromatic N) is 1. The molecule has 0 fully saturated rings. The molecule has 0 aliphatic carbocycles. The third-order valence-corrected chi connectivity index (χ3v) is 5.00. The largest absolute Gasteiger partial charge is 0.367 e. The van der Waals surface area contributed by atoms with E-state index in [1.807, 2.05) is 19.1 Å². The molecule has 0 bridgehead atoms. The minimum atomic E-state index is -3.65. The molecule has 2 N–H and O–H groups in total. The van der Waals surface area contributed by atoms with Gasteiger partial charge < -0.3 is 5.32 Å². The Balaban J connectivity index is 2.26. The molecule has 23 heavy (non-hydrogen) atoms. The van der Waals surface area contributed by atoms with Gasteiger partial charge in [0.25, 0.3) is 10.0 Å². The van der Waals surface area contributed by atoms with E-state index in [2.05, 4.69) is 21.6 Å². The lowest BCUT2D eigenvalue weighted by molar-refractivity contribution is 0.600. The maximum absolute atomic E-state index is 12.6. The van der Waals surface area contributed by atoms with Crippen molar-refractivity contribution in [1.82, 2.24) is 4.98 Å². The maximum Gasteiger partial charge on any atom is 0.262 e. The van der Waals surface area contributed by atoms with Crippen LogP contribution in [0.2, 0.25) is 0 Å². The Kier molecular flexibility index (Phi) is 5.05. The first kappa shape index (κ1) is 17.0. The zero-order valence-electron chi connectivity index (χ0n) is 13.6. The van der Waals surface area contributed by atoms with Gasteiger partial charge in [0, 0.05) is 6.54 Å². The number of nitrogens with one attached hydrogen (secondary N) is 2. The molecule has 0 amide bonds. The molecular formula is C17H21N3O2S. The molecule has 0 unspecified atom stereocenters. The highest BCUT2D eigenvalue weighted by molar-refractivity contribution is 7.92. The molecule has 0 atom stereocenters. The average molecular weight is 331 g/mol. The molecule has 0 aliphatic rings. The van der Waals surface area contributed by atoms with E-state index in [1.54, 1.807) is 32.1 Å². The molecular weight excluding hydrogens is 310 g/mol. The van der Waals surface area contributed by atoms with E-state index in [1.165, 1.54) is 6.20 Å². The molecule has 0 aliphatic heterocycles. The van der Waals surface area contributed by atoms with Crippen LogP contribution in [0.4, 0.5) is 11.5 Å². The Bertz CT molecular complexity index is 789. The van der Waals surface area contributed by atoms with Gasteiger partial charge >= 0.3 is 0 Å². The number of hydrogen-bond acceptors (Lipinski definition) is 4. The number of benzene rings is 1. The van der Waals surface area contributed by atoms with Crippen LogP contribution in [0.3, 0.4) is 0 Å². The Morgan fingerprint density at radius 2 is 1.83 bits per heavy atom. The van der Waals surface area contributed by atoms with Gasteiger partial charge in [0.1, 0.15) is 5.82 Å². The number of aryl methyl sites for hydroxylation is 3. The highest BCUT2D eigenvalue weighted by Gasteiger charge is 2.20. The third-order valence-electron chi connectivity index (χ3n) is 3.32. The minimum Gasteiger partial charge on any atom is -0.367 e. The molecule has 2 aromatic rings. The Hall–Kier alpha value is -2.34. The average Bonchev–Trinajstić information content (AvgIpc) is 2.44. The second-order valence-corrected chi connectivity index (χ2v) is 7.05. The quantitative estimate of drug-likeness (QED) is 0.796. The highest BCUT2D eigenvalue weighted by Crippen LogP contribution is 2.24. The normalized spacial score (nSPS) is 11.1. The summed E-state index contributed by atoms with van der Waals surface area (Å²) in [6.45, 7) is 9.76. The molecule has 1 heterocycles. The standard InChI is InChI=1S/C17H21N3O2S/c1-5-8-18-16-7-6-15(11-19-16)20-23(21,22)17-13(3)9-12(2)10-14(17)4/h5-7,9-11,20H,1,8H2,2-4H3,(H,18,19). The van der Waals surface area contributed by atoms with E-state index in [4.69, 9.17) is 0 Å². The van der Waals surface area contributed by atoms with Crippen LogP contribution < -0.4 is 10.0 Å². The predicted octanol–water partition coefficient (Wildman–Crippen LogP) is 3.41. The van der Waals surface area contributed by atoms with Gasteiger partial charge in [0.15, 0.2) is 0 Å². The van der Waals surface area contributed by atoms with E-state index in [9.17, 15) is 8.42 Å². The molecule has 2 rings (SSSR count). The zero-order chi connectivity index (χ0) is 17.0. The molecule has 0 spiro atoms. The topological polar surface area (TPSA) is 71.1 Å². The molecule has 0 saturated carbocycles. The van der Waals surface area contributed by atoms with E-state index in [0.717, 1.165) is 16.7 Å². The zero-order valence-corrected chi connectivity index (χ0v) is 14.4. The molecule has 1 aromatic heterocycles. The van der Waals surface area contributed by atoms with Gasteiger partial charge in [-0.1, -0.05) is 23.8 Å². The monoisotopic (exact) mass is 331 g/mol. The van der Waals surface area contributed by atoms with Crippen molar-refractivity contribution in [2.24, 2.45) is 0 Å². The van der Waals surface area contributed by atoms with Crippen LogP contribution in [0.15, 0.2) is 48.0 Å². The van der Waals surface area contributed by atoms with Crippen LogP contribution in [0.1, 0.15) is 16.7 Å². The van der Waals surface area contributed by atoms with Crippen molar-refractivity contribution in [3.8, 4) is 0 Å². The van der Waals surface area contributed by atoms with Gasteiger partial charge in [-0.2, -0.15) is 0 Å². The second-order valence-electron chi connectivity index (χ2n) is 5.44.